The van der Waals surface area contributed by atoms with Crippen LogP contribution in [0.1, 0.15) is 34.9 Å². The number of hydrogen-bond donors (Lipinski definition) is 1. The Labute approximate surface area is 111 Å². The summed E-state index contributed by atoms with van der Waals surface area (Å²) in [7, 11) is 0. The second-order valence-electron chi connectivity index (χ2n) is 4.87. The van der Waals surface area contributed by atoms with Crippen molar-refractivity contribution >= 4 is 17.0 Å². The normalized spacial score (nSPS) is 18.4. The van der Waals surface area contributed by atoms with E-state index in [1.165, 1.54) is 29.3 Å². The molecule has 1 aliphatic rings. The first-order valence-corrected chi connectivity index (χ1v) is 7.21. The van der Waals surface area contributed by atoms with Gasteiger partial charge in [0.2, 0.25) is 0 Å². The van der Waals surface area contributed by atoms with E-state index in [9.17, 15) is 4.39 Å². The Morgan fingerprint density at radius 2 is 2.22 bits per heavy atom. The summed E-state index contributed by atoms with van der Waals surface area (Å²) in [6.45, 7) is 1.99. The van der Waals surface area contributed by atoms with Crippen molar-refractivity contribution < 1.29 is 4.39 Å². The van der Waals surface area contributed by atoms with Gasteiger partial charge in [-0.25, -0.2) is 4.39 Å². The van der Waals surface area contributed by atoms with E-state index in [0.29, 0.717) is 5.69 Å². The van der Waals surface area contributed by atoms with Gasteiger partial charge in [-0.2, -0.15) is 0 Å². The van der Waals surface area contributed by atoms with Crippen LogP contribution in [0, 0.1) is 12.7 Å². The summed E-state index contributed by atoms with van der Waals surface area (Å²) in [5.74, 6) is -0.164. The van der Waals surface area contributed by atoms with Gasteiger partial charge in [0.1, 0.15) is 5.82 Å². The molecule has 18 heavy (non-hydrogen) atoms. The van der Waals surface area contributed by atoms with Crippen LogP contribution in [0.4, 0.5) is 10.1 Å². The average Bonchev–Trinajstić information content (AvgIpc) is 2.83. The largest absolute Gasteiger partial charge is 0.376 e. The first kappa shape index (κ1) is 11.7. The van der Waals surface area contributed by atoms with Crippen LogP contribution in [-0.4, -0.2) is 0 Å². The lowest BCUT2D eigenvalue weighted by Crippen LogP contribution is -2.16. The number of nitrogens with one attached hydrogen (secondary N) is 1. The van der Waals surface area contributed by atoms with E-state index >= 15 is 0 Å². The molecule has 0 bridgehead atoms. The van der Waals surface area contributed by atoms with Crippen LogP contribution in [0.2, 0.25) is 0 Å². The third kappa shape index (κ3) is 2.15. The number of halogens is 1. The van der Waals surface area contributed by atoms with Crippen LogP contribution >= 0.6 is 11.3 Å². The second-order valence-corrected chi connectivity index (χ2v) is 5.87. The lowest BCUT2D eigenvalue weighted by atomic mass is 9.94. The minimum Gasteiger partial charge on any atom is -0.376 e. The maximum absolute atomic E-state index is 13.8. The van der Waals surface area contributed by atoms with Gasteiger partial charge in [0, 0.05) is 4.88 Å². The van der Waals surface area contributed by atoms with Gasteiger partial charge in [-0.15, -0.1) is 11.3 Å². The number of aryl methyl sites for hydroxylation is 2. The molecule has 1 nitrogen and oxygen atoms in total. The van der Waals surface area contributed by atoms with Gasteiger partial charge in [0.15, 0.2) is 0 Å². The smallest absolute Gasteiger partial charge is 0.146 e. The molecule has 94 valence electrons. The zero-order valence-corrected chi connectivity index (χ0v) is 11.2. The van der Waals surface area contributed by atoms with Gasteiger partial charge < -0.3 is 5.32 Å². The summed E-state index contributed by atoms with van der Waals surface area (Å²) in [6, 6.07) is 7.66. The Kier molecular flexibility index (Phi) is 3.08. The molecule has 0 amide bonds. The van der Waals surface area contributed by atoms with Crippen LogP contribution in [-0.2, 0) is 6.42 Å². The Morgan fingerprint density at radius 1 is 1.33 bits per heavy atom. The molecule has 3 heteroatoms. The Bertz CT molecular complexity index is 561. The molecule has 2 aromatic rings. The molecule has 1 aromatic carbocycles. The van der Waals surface area contributed by atoms with Crippen molar-refractivity contribution in [2.75, 3.05) is 5.32 Å². The summed E-state index contributed by atoms with van der Waals surface area (Å²) < 4.78 is 13.8. The number of thiophene rings is 1. The van der Waals surface area contributed by atoms with E-state index in [1.54, 1.807) is 6.07 Å². The highest BCUT2D eigenvalue weighted by Gasteiger charge is 2.21. The molecule has 0 spiro atoms. The summed E-state index contributed by atoms with van der Waals surface area (Å²) in [5, 5.41) is 5.50. The maximum atomic E-state index is 13.8. The zero-order chi connectivity index (χ0) is 12.5. The van der Waals surface area contributed by atoms with Crippen molar-refractivity contribution in [2.24, 2.45) is 0 Å². The monoisotopic (exact) mass is 261 g/mol. The lowest BCUT2D eigenvalue weighted by molar-refractivity contribution is 0.592. The van der Waals surface area contributed by atoms with Gasteiger partial charge in [0.05, 0.1) is 11.7 Å². The fraction of sp³-hybridized carbons (Fsp3) is 0.333. The van der Waals surface area contributed by atoms with Gasteiger partial charge in [-0.1, -0.05) is 6.07 Å². The zero-order valence-electron chi connectivity index (χ0n) is 10.4. The molecule has 1 unspecified atom stereocenters. The van der Waals surface area contributed by atoms with E-state index < -0.39 is 0 Å². The van der Waals surface area contributed by atoms with Crippen LogP contribution < -0.4 is 5.32 Å². The van der Waals surface area contributed by atoms with E-state index in [2.05, 4.69) is 16.8 Å². The number of rotatable bonds is 2. The average molecular weight is 261 g/mol. The Morgan fingerprint density at radius 3 is 3.11 bits per heavy atom. The van der Waals surface area contributed by atoms with Crippen molar-refractivity contribution in [1.29, 1.82) is 0 Å². The molecule has 1 atom stereocenters. The molecule has 0 radical (unpaired) electrons. The SMILES string of the molecule is Cc1ccc(F)c(NC2CCCc3sccc32)c1. The van der Waals surface area contributed by atoms with E-state index in [1.807, 2.05) is 24.3 Å². The molecule has 0 aliphatic heterocycles. The first-order valence-electron chi connectivity index (χ1n) is 6.33. The second kappa shape index (κ2) is 4.73. The topological polar surface area (TPSA) is 12.0 Å². The van der Waals surface area contributed by atoms with Crippen molar-refractivity contribution in [3.63, 3.8) is 0 Å². The molecule has 0 saturated carbocycles. The van der Waals surface area contributed by atoms with E-state index in [0.717, 1.165) is 12.0 Å². The van der Waals surface area contributed by atoms with Gasteiger partial charge in [0.25, 0.3) is 0 Å². The molecular weight excluding hydrogens is 245 g/mol. The number of fused-ring (bicyclic) bond motifs is 1. The van der Waals surface area contributed by atoms with Gasteiger partial charge in [-0.05, 0) is 60.9 Å². The van der Waals surface area contributed by atoms with E-state index in [-0.39, 0.29) is 11.9 Å². The van der Waals surface area contributed by atoms with Gasteiger partial charge in [-0.3, -0.25) is 0 Å². The van der Waals surface area contributed by atoms with Crippen molar-refractivity contribution in [3.8, 4) is 0 Å². The molecule has 1 heterocycles. The van der Waals surface area contributed by atoms with Crippen molar-refractivity contribution in [1.82, 2.24) is 0 Å². The fourth-order valence-electron chi connectivity index (χ4n) is 2.57. The quantitative estimate of drug-likeness (QED) is 0.827. The fourth-order valence-corrected chi connectivity index (χ4v) is 3.56. The van der Waals surface area contributed by atoms with Crippen LogP contribution in [0.3, 0.4) is 0 Å². The number of benzene rings is 1. The molecule has 1 N–H and O–H groups in total. The summed E-state index contributed by atoms with van der Waals surface area (Å²) in [6.07, 6.45) is 3.43. The predicted molar refractivity (Wildman–Crippen MR) is 74.8 cm³/mol. The minimum atomic E-state index is -0.164. The highest BCUT2D eigenvalue weighted by molar-refractivity contribution is 7.10. The molecule has 3 rings (SSSR count). The molecular formula is C15H16FNS. The van der Waals surface area contributed by atoms with E-state index in [4.69, 9.17) is 0 Å². The van der Waals surface area contributed by atoms with Gasteiger partial charge >= 0.3 is 0 Å². The number of anilines is 1. The third-order valence-corrected chi connectivity index (χ3v) is 4.50. The van der Waals surface area contributed by atoms with Crippen LogP contribution in [0.5, 0.6) is 0 Å². The molecule has 1 aromatic heterocycles. The summed E-state index contributed by atoms with van der Waals surface area (Å²) in [5.41, 5.74) is 3.06. The molecule has 0 saturated heterocycles. The molecule has 0 fully saturated rings. The first-order chi connectivity index (χ1) is 8.74. The molecule has 1 aliphatic carbocycles. The predicted octanol–water partition coefficient (Wildman–Crippen LogP) is 4.69. The van der Waals surface area contributed by atoms with Crippen LogP contribution in [0.25, 0.3) is 0 Å². The van der Waals surface area contributed by atoms with Crippen molar-refractivity contribution in [2.45, 2.75) is 32.2 Å². The summed E-state index contributed by atoms with van der Waals surface area (Å²) >= 11 is 1.81. The van der Waals surface area contributed by atoms with Crippen LogP contribution in [0.15, 0.2) is 29.6 Å². The highest BCUT2D eigenvalue weighted by atomic mass is 32.1. The Balaban J connectivity index is 1.88. The highest BCUT2D eigenvalue weighted by Crippen LogP contribution is 2.36. The summed E-state index contributed by atoms with van der Waals surface area (Å²) in [4.78, 5) is 1.45. The van der Waals surface area contributed by atoms with Crippen molar-refractivity contribution in [3.05, 3.63) is 51.5 Å². The maximum Gasteiger partial charge on any atom is 0.146 e. The standard InChI is InChI=1S/C15H16FNS/c1-10-5-6-12(16)14(9-10)17-13-3-2-4-15-11(13)7-8-18-15/h5-9,13,17H,2-4H2,1H3. The Hall–Kier alpha value is -1.35. The lowest BCUT2D eigenvalue weighted by Gasteiger charge is -2.25. The third-order valence-electron chi connectivity index (χ3n) is 3.50. The minimum absolute atomic E-state index is 0.164. The number of hydrogen-bond acceptors (Lipinski definition) is 2.